The number of hydrogen-bond donors (Lipinski definition) is 1. The van der Waals surface area contributed by atoms with E-state index in [4.69, 9.17) is 5.26 Å². The van der Waals surface area contributed by atoms with Gasteiger partial charge in [-0.15, -0.1) is 0 Å². The normalized spacial score (nSPS) is 22.0. The van der Waals surface area contributed by atoms with Gasteiger partial charge in [0.15, 0.2) is 0 Å². The number of nitrogens with zero attached hydrogens (tertiary/aromatic N) is 3. The number of anilines is 1. The molecule has 2 saturated heterocycles. The van der Waals surface area contributed by atoms with Crippen molar-refractivity contribution in [2.24, 2.45) is 17.8 Å². The molecule has 0 aromatic heterocycles. The lowest BCUT2D eigenvalue weighted by molar-refractivity contribution is -0.137. The fourth-order valence-electron chi connectivity index (χ4n) is 4.83. The molecule has 0 saturated carbocycles. The van der Waals surface area contributed by atoms with Crippen molar-refractivity contribution in [1.29, 1.82) is 5.26 Å². The number of rotatable bonds is 5. The molecule has 2 atom stereocenters. The number of thioether (sulfide) groups is 1. The summed E-state index contributed by atoms with van der Waals surface area (Å²) in [5.74, 6) is 0.318. The van der Waals surface area contributed by atoms with E-state index in [2.05, 4.69) is 5.32 Å². The molecule has 2 heterocycles. The number of nitriles is 1. The van der Waals surface area contributed by atoms with Crippen LogP contribution < -0.4 is 10.2 Å². The SMILES string of the molecule is CNC(=O)[C@@H]1CN(C(=O)CSC)C[C@H]1C1CCN(c2ccc(C#N)c(C(F)(F)F)c2)CC1. The average Bonchev–Trinajstić information content (AvgIpc) is 3.23. The first-order chi connectivity index (χ1) is 15.2. The molecular weight excluding hydrogens is 441 g/mol. The molecule has 1 N–H and O–H groups in total. The molecule has 0 radical (unpaired) electrons. The minimum atomic E-state index is -4.59. The van der Waals surface area contributed by atoms with Crippen molar-refractivity contribution in [2.45, 2.75) is 19.0 Å². The lowest BCUT2D eigenvalue weighted by atomic mass is 9.78. The zero-order valence-corrected chi connectivity index (χ0v) is 18.9. The van der Waals surface area contributed by atoms with E-state index >= 15 is 0 Å². The molecule has 2 aliphatic rings. The first-order valence-electron chi connectivity index (χ1n) is 10.5. The summed E-state index contributed by atoms with van der Waals surface area (Å²) in [5, 5.41) is 11.7. The van der Waals surface area contributed by atoms with Crippen LogP contribution in [0.1, 0.15) is 24.0 Å². The van der Waals surface area contributed by atoms with Gasteiger partial charge in [-0.3, -0.25) is 9.59 Å². The molecule has 2 amide bonds. The number of halogens is 3. The molecule has 2 aliphatic heterocycles. The molecule has 0 unspecified atom stereocenters. The zero-order valence-electron chi connectivity index (χ0n) is 18.1. The Labute approximate surface area is 190 Å². The standard InChI is InChI=1S/C22H27F3N4O2S/c1-27-21(31)18-12-29(20(30)13-32-2)11-17(18)14-5-7-28(8-6-14)16-4-3-15(10-26)19(9-16)22(23,24)25/h3-4,9,14,17-18H,5-8,11-13H2,1-2H3,(H,27,31)/t17-,18+/m0/s1. The predicted molar refractivity (Wildman–Crippen MR) is 117 cm³/mol. The maximum Gasteiger partial charge on any atom is 0.417 e. The summed E-state index contributed by atoms with van der Waals surface area (Å²) in [6.07, 6.45) is -1.27. The van der Waals surface area contributed by atoms with Crippen LogP contribution in [0.2, 0.25) is 0 Å². The molecule has 1 aromatic carbocycles. The fraction of sp³-hybridized carbons (Fsp3) is 0.591. The van der Waals surface area contributed by atoms with Crippen LogP contribution in [0.15, 0.2) is 18.2 Å². The Bertz CT molecular complexity index is 894. The molecule has 10 heteroatoms. The highest BCUT2D eigenvalue weighted by atomic mass is 32.2. The number of likely N-dealkylation sites (tertiary alicyclic amines) is 1. The molecule has 0 spiro atoms. The monoisotopic (exact) mass is 468 g/mol. The second kappa shape index (κ2) is 10.0. The van der Waals surface area contributed by atoms with Gasteiger partial charge in [-0.2, -0.15) is 30.2 Å². The number of carbonyl (C=O) groups is 2. The Kier molecular flexibility index (Phi) is 7.59. The third-order valence-electron chi connectivity index (χ3n) is 6.51. The average molecular weight is 469 g/mol. The van der Waals surface area contributed by atoms with Gasteiger partial charge in [-0.1, -0.05) is 0 Å². The molecule has 1 aromatic rings. The van der Waals surface area contributed by atoms with Crippen LogP contribution in [-0.4, -0.2) is 61.9 Å². The van der Waals surface area contributed by atoms with Gasteiger partial charge in [0.1, 0.15) is 0 Å². The highest BCUT2D eigenvalue weighted by Crippen LogP contribution is 2.39. The predicted octanol–water partition coefficient (Wildman–Crippen LogP) is 2.98. The number of hydrogen-bond acceptors (Lipinski definition) is 5. The topological polar surface area (TPSA) is 76.4 Å². The Morgan fingerprint density at radius 1 is 1.25 bits per heavy atom. The van der Waals surface area contributed by atoms with Crippen LogP contribution in [0, 0.1) is 29.1 Å². The van der Waals surface area contributed by atoms with Crippen molar-refractivity contribution >= 4 is 29.3 Å². The van der Waals surface area contributed by atoms with Gasteiger partial charge < -0.3 is 15.1 Å². The molecule has 0 aliphatic carbocycles. The maximum atomic E-state index is 13.3. The zero-order chi connectivity index (χ0) is 23.5. The van der Waals surface area contributed by atoms with Crippen molar-refractivity contribution in [3.05, 3.63) is 29.3 Å². The van der Waals surface area contributed by atoms with Gasteiger partial charge in [0.05, 0.1) is 28.9 Å². The van der Waals surface area contributed by atoms with E-state index in [9.17, 15) is 22.8 Å². The van der Waals surface area contributed by atoms with E-state index in [0.29, 0.717) is 37.6 Å². The van der Waals surface area contributed by atoms with Gasteiger partial charge >= 0.3 is 6.18 Å². The molecule has 0 bridgehead atoms. The Hall–Kier alpha value is -2.41. The van der Waals surface area contributed by atoms with Crippen LogP contribution >= 0.6 is 11.8 Å². The Morgan fingerprint density at radius 2 is 1.94 bits per heavy atom. The highest BCUT2D eigenvalue weighted by molar-refractivity contribution is 7.99. The largest absolute Gasteiger partial charge is 0.417 e. The Morgan fingerprint density at radius 3 is 2.50 bits per heavy atom. The molecule has 32 heavy (non-hydrogen) atoms. The van der Waals surface area contributed by atoms with Crippen molar-refractivity contribution in [3.63, 3.8) is 0 Å². The van der Waals surface area contributed by atoms with E-state index in [1.165, 1.54) is 17.8 Å². The first kappa shape index (κ1) is 24.2. The smallest absolute Gasteiger partial charge is 0.372 e. The van der Waals surface area contributed by atoms with Crippen molar-refractivity contribution in [2.75, 3.05) is 50.1 Å². The number of piperidine rings is 1. The second-order valence-corrected chi connectivity index (χ2v) is 9.15. The van der Waals surface area contributed by atoms with E-state index in [1.54, 1.807) is 24.1 Å². The summed E-state index contributed by atoms with van der Waals surface area (Å²) in [6, 6.07) is 5.43. The third-order valence-corrected chi connectivity index (χ3v) is 7.04. The maximum absolute atomic E-state index is 13.3. The molecule has 3 rings (SSSR count). The summed E-state index contributed by atoms with van der Waals surface area (Å²) in [5.41, 5.74) is -0.857. The van der Waals surface area contributed by atoms with Gasteiger partial charge in [0.2, 0.25) is 11.8 Å². The second-order valence-electron chi connectivity index (χ2n) is 8.28. The van der Waals surface area contributed by atoms with Crippen LogP contribution in [0.5, 0.6) is 0 Å². The summed E-state index contributed by atoms with van der Waals surface area (Å²) < 4.78 is 40.0. The van der Waals surface area contributed by atoms with Crippen LogP contribution in [0.4, 0.5) is 18.9 Å². The van der Waals surface area contributed by atoms with Crippen LogP contribution in [0.3, 0.4) is 0 Å². The molecule has 174 valence electrons. The number of benzene rings is 1. The summed E-state index contributed by atoms with van der Waals surface area (Å²) in [7, 11) is 1.59. The number of alkyl halides is 3. The van der Waals surface area contributed by atoms with Crippen molar-refractivity contribution in [3.8, 4) is 6.07 Å². The van der Waals surface area contributed by atoms with Crippen molar-refractivity contribution in [1.82, 2.24) is 10.2 Å². The summed E-state index contributed by atoms with van der Waals surface area (Å²) >= 11 is 1.45. The number of nitrogens with one attached hydrogen (secondary N) is 1. The minimum Gasteiger partial charge on any atom is -0.372 e. The summed E-state index contributed by atoms with van der Waals surface area (Å²) in [4.78, 5) is 28.5. The van der Waals surface area contributed by atoms with E-state index < -0.39 is 11.7 Å². The molecule has 2 fully saturated rings. The van der Waals surface area contributed by atoms with E-state index in [1.807, 2.05) is 11.2 Å². The molecular formula is C22H27F3N4O2S. The van der Waals surface area contributed by atoms with Gasteiger partial charge in [0.25, 0.3) is 0 Å². The minimum absolute atomic E-state index is 0.0311. The molecule has 6 nitrogen and oxygen atoms in total. The lowest BCUT2D eigenvalue weighted by Gasteiger charge is -2.37. The van der Waals surface area contributed by atoms with Gasteiger partial charge in [-0.25, -0.2) is 0 Å². The quantitative estimate of drug-likeness (QED) is 0.719. The van der Waals surface area contributed by atoms with Gasteiger partial charge in [-0.05, 0) is 49.1 Å². The van der Waals surface area contributed by atoms with Crippen LogP contribution in [-0.2, 0) is 15.8 Å². The van der Waals surface area contributed by atoms with Crippen LogP contribution in [0.25, 0.3) is 0 Å². The lowest BCUT2D eigenvalue weighted by Crippen LogP contribution is -2.41. The third kappa shape index (κ3) is 5.14. The highest BCUT2D eigenvalue weighted by Gasteiger charge is 2.43. The van der Waals surface area contributed by atoms with Gasteiger partial charge in [0, 0.05) is 38.9 Å². The summed E-state index contributed by atoms with van der Waals surface area (Å²) in [6.45, 7) is 2.07. The Balaban J connectivity index is 1.71. The number of amides is 2. The van der Waals surface area contributed by atoms with Crippen molar-refractivity contribution < 1.29 is 22.8 Å². The van der Waals surface area contributed by atoms with E-state index in [-0.39, 0.29) is 35.1 Å². The fourth-order valence-corrected chi connectivity index (χ4v) is 5.26. The number of carbonyl (C=O) groups excluding carboxylic acids is 2. The van der Waals surface area contributed by atoms with E-state index in [0.717, 1.165) is 18.9 Å². The first-order valence-corrected chi connectivity index (χ1v) is 11.9.